The van der Waals surface area contributed by atoms with E-state index in [9.17, 15) is 4.79 Å². The molecular weight excluding hydrogens is 312 g/mol. The van der Waals surface area contributed by atoms with E-state index in [1.54, 1.807) is 13.3 Å². The van der Waals surface area contributed by atoms with Crippen molar-refractivity contribution in [2.24, 2.45) is 0 Å². The summed E-state index contributed by atoms with van der Waals surface area (Å²) in [5, 5.41) is 0. The molecule has 1 heterocycles. The summed E-state index contributed by atoms with van der Waals surface area (Å²) in [6.45, 7) is 0. The van der Waals surface area contributed by atoms with Crippen molar-refractivity contribution < 1.29 is 14.3 Å². The molecule has 1 aromatic heterocycles. The third-order valence-electron chi connectivity index (χ3n) is 2.63. The summed E-state index contributed by atoms with van der Waals surface area (Å²) in [6.07, 6.45) is 1.82. The second-order valence-corrected chi connectivity index (χ2v) is 4.70. The van der Waals surface area contributed by atoms with Gasteiger partial charge in [0, 0.05) is 5.56 Å². The molecule has 2 rings (SSSR count). The van der Waals surface area contributed by atoms with Crippen LogP contribution in [0, 0.1) is 0 Å². The van der Waals surface area contributed by atoms with E-state index < -0.39 is 0 Å². The van der Waals surface area contributed by atoms with E-state index in [2.05, 4.69) is 30.6 Å². The fourth-order valence-electron chi connectivity index (χ4n) is 1.64. The minimum atomic E-state index is -0.322. The van der Waals surface area contributed by atoms with Crippen LogP contribution in [0.4, 0.5) is 0 Å². The number of aromatic nitrogens is 2. The molecule has 0 aliphatic rings. The normalized spacial score (nSPS) is 10.3. The van der Waals surface area contributed by atoms with E-state index in [1.807, 2.05) is 18.2 Å². The molecule has 19 heavy (non-hydrogen) atoms. The lowest BCUT2D eigenvalue weighted by atomic mass is 10.2. The number of nitrogens with one attached hydrogen (secondary N) is 1. The van der Waals surface area contributed by atoms with E-state index >= 15 is 0 Å². The van der Waals surface area contributed by atoms with Crippen molar-refractivity contribution in [2.45, 2.75) is 6.42 Å². The lowest BCUT2D eigenvalue weighted by molar-refractivity contribution is -0.139. The van der Waals surface area contributed by atoms with Gasteiger partial charge in [-0.1, -0.05) is 0 Å². The molecule has 100 valence electrons. The van der Waals surface area contributed by atoms with E-state index in [-0.39, 0.29) is 12.4 Å². The van der Waals surface area contributed by atoms with Crippen LogP contribution >= 0.6 is 15.9 Å². The van der Waals surface area contributed by atoms with Crippen LogP contribution in [0.15, 0.2) is 28.9 Å². The predicted molar refractivity (Wildman–Crippen MR) is 74.0 cm³/mol. The first-order chi connectivity index (χ1) is 9.13. The van der Waals surface area contributed by atoms with Crippen LogP contribution in [0.1, 0.15) is 5.82 Å². The van der Waals surface area contributed by atoms with E-state index in [0.717, 1.165) is 21.5 Å². The molecule has 0 fully saturated rings. The van der Waals surface area contributed by atoms with Crippen LogP contribution in [0.3, 0.4) is 0 Å². The summed E-state index contributed by atoms with van der Waals surface area (Å²) >= 11 is 3.43. The monoisotopic (exact) mass is 324 g/mol. The molecule has 0 unspecified atom stereocenters. The zero-order valence-corrected chi connectivity index (χ0v) is 12.2. The van der Waals surface area contributed by atoms with Crippen molar-refractivity contribution in [1.29, 1.82) is 0 Å². The second-order valence-electron chi connectivity index (χ2n) is 3.85. The number of hydrogen-bond donors (Lipinski definition) is 1. The topological polar surface area (TPSA) is 64.2 Å². The van der Waals surface area contributed by atoms with Gasteiger partial charge in [-0.15, -0.1) is 0 Å². The quantitative estimate of drug-likeness (QED) is 0.878. The molecule has 5 nitrogen and oxygen atoms in total. The minimum absolute atomic E-state index is 0.133. The largest absolute Gasteiger partial charge is 0.496 e. The summed E-state index contributed by atoms with van der Waals surface area (Å²) in [7, 11) is 2.97. The third-order valence-corrected chi connectivity index (χ3v) is 3.25. The third kappa shape index (κ3) is 3.14. The Balaban J connectivity index is 2.23. The van der Waals surface area contributed by atoms with Crippen molar-refractivity contribution in [2.75, 3.05) is 14.2 Å². The summed E-state index contributed by atoms with van der Waals surface area (Å²) in [4.78, 5) is 18.4. The van der Waals surface area contributed by atoms with Gasteiger partial charge in [0.1, 0.15) is 18.0 Å². The molecule has 0 amide bonds. The van der Waals surface area contributed by atoms with Crippen molar-refractivity contribution in [3.63, 3.8) is 0 Å². The summed E-state index contributed by atoms with van der Waals surface area (Å²) in [6, 6.07) is 5.70. The standard InChI is InChI=1S/C13H13BrN2O3/c1-18-11-4-3-8(5-9(11)14)10-7-15-12(16-10)6-13(17)19-2/h3-5,7H,6H2,1-2H3,(H,15,16). The molecule has 1 N–H and O–H groups in total. The number of methoxy groups -OCH3 is 2. The lowest BCUT2D eigenvalue weighted by Crippen LogP contribution is -2.05. The zero-order valence-electron chi connectivity index (χ0n) is 10.6. The number of halogens is 1. The van der Waals surface area contributed by atoms with Gasteiger partial charge in [0.2, 0.25) is 0 Å². The Morgan fingerprint density at radius 3 is 2.84 bits per heavy atom. The SMILES string of the molecule is COC(=O)Cc1ncc(-c2ccc(OC)c(Br)c2)[nH]1. The number of carbonyl (C=O) groups excluding carboxylic acids is 1. The molecule has 0 saturated heterocycles. The van der Waals surface area contributed by atoms with E-state index in [1.165, 1.54) is 7.11 Å². The Labute approximate surface area is 119 Å². The fourth-order valence-corrected chi connectivity index (χ4v) is 2.18. The van der Waals surface area contributed by atoms with E-state index in [0.29, 0.717) is 5.82 Å². The fraction of sp³-hybridized carbons (Fsp3) is 0.231. The van der Waals surface area contributed by atoms with Crippen LogP contribution in [0.2, 0.25) is 0 Å². The van der Waals surface area contributed by atoms with Crippen LogP contribution < -0.4 is 4.74 Å². The molecule has 0 spiro atoms. The number of benzene rings is 1. The van der Waals surface area contributed by atoms with Crippen LogP contribution in [0.25, 0.3) is 11.3 Å². The van der Waals surface area contributed by atoms with Gasteiger partial charge in [-0.2, -0.15) is 0 Å². The summed E-state index contributed by atoms with van der Waals surface area (Å²) < 4.78 is 10.6. The number of carbonyl (C=O) groups is 1. The first-order valence-corrected chi connectivity index (χ1v) is 6.38. The molecule has 2 aromatic rings. The van der Waals surface area contributed by atoms with Gasteiger partial charge < -0.3 is 14.5 Å². The maximum absolute atomic E-state index is 11.2. The zero-order chi connectivity index (χ0) is 13.8. The van der Waals surface area contributed by atoms with Gasteiger partial charge in [0.15, 0.2) is 0 Å². The van der Waals surface area contributed by atoms with Gasteiger partial charge in [-0.3, -0.25) is 4.79 Å². The maximum Gasteiger partial charge on any atom is 0.313 e. The average Bonchev–Trinajstić information content (AvgIpc) is 2.87. The highest BCUT2D eigenvalue weighted by molar-refractivity contribution is 9.10. The Bertz CT molecular complexity index is 595. The number of nitrogens with zero attached hydrogens (tertiary/aromatic N) is 1. The number of esters is 1. The first kappa shape index (κ1) is 13.6. The van der Waals surface area contributed by atoms with Gasteiger partial charge in [0.05, 0.1) is 30.6 Å². The Hall–Kier alpha value is -1.82. The Kier molecular flexibility index (Phi) is 4.21. The average molecular weight is 325 g/mol. The number of rotatable bonds is 4. The second kappa shape index (κ2) is 5.88. The highest BCUT2D eigenvalue weighted by atomic mass is 79.9. The number of imidazole rings is 1. The summed E-state index contributed by atoms with van der Waals surface area (Å²) in [5.74, 6) is 1.02. The van der Waals surface area contributed by atoms with Crippen molar-refractivity contribution in [1.82, 2.24) is 9.97 Å². The molecule has 1 aromatic carbocycles. The number of hydrogen-bond acceptors (Lipinski definition) is 4. The number of ether oxygens (including phenoxy) is 2. The molecule has 0 atom stereocenters. The lowest BCUT2D eigenvalue weighted by Gasteiger charge is -2.04. The molecule has 0 aliphatic carbocycles. The smallest absolute Gasteiger partial charge is 0.313 e. The highest BCUT2D eigenvalue weighted by Gasteiger charge is 2.09. The highest BCUT2D eigenvalue weighted by Crippen LogP contribution is 2.29. The molecule has 6 heteroatoms. The maximum atomic E-state index is 11.2. The van der Waals surface area contributed by atoms with Gasteiger partial charge in [0.25, 0.3) is 0 Å². The number of H-pyrrole nitrogens is 1. The molecule has 0 saturated carbocycles. The van der Waals surface area contributed by atoms with E-state index in [4.69, 9.17) is 4.74 Å². The molecule has 0 radical (unpaired) electrons. The molecule has 0 aliphatic heterocycles. The predicted octanol–water partition coefficient (Wildman–Crippen LogP) is 2.56. The van der Waals surface area contributed by atoms with Crippen LogP contribution in [0.5, 0.6) is 5.75 Å². The van der Waals surface area contributed by atoms with Gasteiger partial charge in [-0.05, 0) is 34.1 Å². The Morgan fingerprint density at radius 1 is 1.42 bits per heavy atom. The molecular formula is C13H13BrN2O3. The van der Waals surface area contributed by atoms with Crippen LogP contribution in [-0.2, 0) is 16.0 Å². The van der Waals surface area contributed by atoms with Gasteiger partial charge >= 0.3 is 5.97 Å². The molecule has 0 bridgehead atoms. The van der Waals surface area contributed by atoms with Crippen molar-refractivity contribution >= 4 is 21.9 Å². The minimum Gasteiger partial charge on any atom is -0.496 e. The van der Waals surface area contributed by atoms with Gasteiger partial charge in [-0.25, -0.2) is 4.98 Å². The van der Waals surface area contributed by atoms with Crippen LogP contribution in [-0.4, -0.2) is 30.2 Å². The Morgan fingerprint density at radius 2 is 2.21 bits per heavy atom. The first-order valence-electron chi connectivity index (χ1n) is 5.58. The number of aromatic amines is 1. The summed E-state index contributed by atoms with van der Waals surface area (Å²) in [5.41, 5.74) is 1.79. The van der Waals surface area contributed by atoms with Crippen molar-refractivity contribution in [3.8, 4) is 17.0 Å². The van der Waals surface area contributed by atoms with Crippen molar-refractivity contribution in [3.05, 3.63) is 34.7 Å².